The average Bonchev–Trinajstić information content (AvgIpc) is 3.11. The van der Waals surface area contributed by atoms with Gasteiger partial charge in [-0.05, 0) is 54.5 Å². The van der Waals surface area contributed by atoms with Gasteiger partial charge in [-0.1, -0.05) is 30.3 Å². The van der Waals surface area contributed by atoms with Crippen LogP contribution in [0, 0.1) is 12.8 Å². The third-order valence-electron chi connectivity index (χ3n) is 4.92. The number of hydrogen-bond acceptors (Lipinski definition) is 4. The summed E-state index contributed by atoms with van der Waals surface area (Å²) in [5.41, 5.74) is 2.94. The quantitative estimate of drug-likeness (QED) is 0.843. The molecule has 0 saturated carbocycles. The van der Waals surface area contributed by atoms with Gasteiger partial charge in [0.15, 0.2) is 0 Å². The summed E-state index contributed by atoms with van der Waals surface area (Å²) in [5, 5.41) is 9.12. The maximum absolute atomic E-state index is 13.1. The first kappa shape index (κ1) is 18.9. The third kappa shape index (κ3) is 3.92. The number of aliphatic hydroxyl groups excluding tert-OH is 1. The Bertz CT molecular complexity index is 862. The minimum Gasteiger partial charge on any atom is -0.495 e. The molecule has 1 atom stereocenters. The highest BCUT2D eigenvalue weighted by molar-refractivity contribution is 7.89. The fraction of sp³-hybridized carbons (Fsp3) is 0.400. The monoisotopic (exact) mass is 375 g/mol. The van der Waals surface area contributed by atoms with E-state index in [1.54, 1.807) is 16.4 Å². The largest absolute Gasteiger partial charge is 0.495 e. The highest BCUT2D eigenvalue weighted by Crippen LogP contribution is 2.32. The number of aliphatic hydroxyl groups is 1. The van der Waals surface area contributed by atoms with E-state index in [1.165, 1.54) is 12.7 Å². The van der Waals surface area contributed by atoms with Crippen molar-refractivity contribution in [3.8, 4) is 5.75 Å². The predicted octanol–water partition coefficient (Wildman–Crippen LogP) is 2.75. The normalized spacial score (nSPS) is 18.2. The molecule has 0 spiro atoms. The van der Waals surface area contributed by atoms with Gasteiger partial charge in [-0.2, -0.15) is 4.31 Å². The number of nitrogens with zero attached hydrogens (tertiary/aromatic N) is 1. The summed E-state index contributed by atoms with van der Waals surface area (Å²) >= 11 is 0. The van der Waals surface area contributed by atoms with Crippen LogP contribution in [0.15, 0.2) is 47.4 Å². The van der Waals surface area contributed by atoms with Crippen molar-refractivity contribution >= 4 is 10.0 Å². The molecule has 1 aliphatic rings. The van der Waals surface area contributed by atoms with Gasteiger partial charge in [0.1, 0.15) is 10.6 Å². The Morgan fingerprint density at radius 3 is 2.50 bits per heavy atom. The Kier molecular flexibility index (Phi) is 5.65. The van der Waals surface area contributed by atoms with Crippen molar-refractivity contribution in [3.05, 3.63) is 59.2 Å². The molecule has 2 aromatic carbocycles. The predicted molar refractivity (Wildman–Crippen MR) is 101 cm³/mol. The molecule has 2 aromatic rings. The van der Waals surface area contributed by atoms with Gasteiger partial charge in [0, 0.05) is 13.1 Å². The smallest absolute Gasteiger partial charge is 0.246 e. The molecule has 0 aromatic heterocycles. The molecule has 1 fully saturated rings. The fourth-order valence-electron chi connectivity index (χ4n) is 3.42. The highest BCUT2D eigenvalue weighted by Gasteiger charge is 2.34. The van der Waals surface area contributed by atoms with Crippen LogP contribution in [0.2, 0.25) is 0 Å². The minimum atomic E-state index is -3.56. The van der Waals surface area contributed by atoms with Crippen molar-refractivity contribution in [2.75, 3.05) is 20.2 Å². The summed E-state index contributed by atoms with van der Waals surface area (Å²) in [6.07, 6.45) is 1.68. The lowest BCUT2D eigenvalue weighted by molar-refractivity contribution is 0.282. The van der Waals surface area contributed by atoms with Crippen LogP contribution in [0.1, 0.15) is 23.1 Å². The van der Waals surface area contributed by atoms with Gasteiger partial charge < -0.3 is 9.84 Å². The van der Waals surface area contributed by atoms with Crippen molar-refractivity contribution in [1.29, 1.82) is 0 Å². The lowest BCUT2D eigenvalue weighted by Gasteiger charge is -2.19. The van der Waals surface area contributed by atoms with Gasteiger partial charge in [0.25, 0.3) is 0 Å². The number of ether oxygens (including phenoxy) is 1. The Morgan fingerprint density at radius 1 is 1.15 bits per heavy atom. The number of rotatable bonds is 6. The molecule has 1 aliphatic heterocycles. The molecule has 0 aliphatic carbocycles. The van der Waals surface area contributed by atoms with Crippen LogP contribution < -0.4 is 4.74 Å². The Hall–Kier alpha value is -1.89. The van der Waals surface area contributed by atoms with E-state index in [-0.39, 0.29) is 11.5 Å². The molecule has 0 amide bonds. The summed E-state index contributed by atoms with van der Waals surface area (Å²) in [6, 6.07) is 13.1. The van der Waals surface area contributed by atoms with Crippen LogP contribution in [0.25, 0.3) is 0 Å². The van der Waals surface area contributed by atoms with E-state index < -0.39 is 10.0 Å². The number of benzene rings is 2. The van der Waals surface area contributed by atoms with E-state index in [2.05, 4.69) is 0 Å². The summed E-state index contributed by atoms with van der Waals surface area (Å²) in [5.74, 6) is 0.680. The van der Waals surface area contributed by atoms with Crippen LogP contribution in [0.4, 0.5) is 0 Å². The summed E-state index contributed by atoms with van der Waals surface area (Å²) in [7, 11) is -2.07. The highest BCUT2D eigenvalue weighted by atomic mass is 32.2. The zero-order valence-corrected chi connectivity index (χ0v) is 16.0. The first-order valence-electron chi connectivity index (χ1n) is 8.77. The van der Waals surface area contributed by atoms with Crippen molar-refractivity contribution in [2.45, 2.75) is 31.3 Å². The SMILES string of the molecule is COc1ccc(C)cc1S(=O)(=O)N1CC[C@H](Cc2ccc(CO)cc2)C1. The molecule has 5 nitrogen and oxygen atoms in total. The second kappa shape index (κ2) is 7.78. The van der Waals surface area contributed by atoms with Crippen LogP contribution in [-0.4, -0.2) is 38.0 Å². The number of methoxy groups -OCH3 is 1. The second-order valence-electron chi connectivity index (χ2n) is 6.85. The zero-order chi connectivity index (χ0) is 18.7. The minimum absolute atomic E-state index is 0.0358. The standard InChI is InChI=1S/C20H25NO4S/c1-15-3-8-19(25-2)20(11-15)26(23,24)21-10-9-18(13-21)12-16-4-6-17(14-22)7-5-16/h3-8,11,18,22H,9-10,12-14H2,1-2H3/t18-/m1/s1. The third-order valence-corrected chi connectivity index (χ3v) is 6.80. The van der Waals surface area contributed by atoms with Crippen molar-refractivity contribution in [2.24, 2.45) is 5.92 Å². The van der Waals surface area contributed by atoms with Gasteiger partial charge in [-0.3, -0.25) is 0 Å². The molecule has 1 heterocycles. The van der Waals surface area contributed by atoms with E-state index in [0.29, 0.717) is 24.8 Å². The van der Waals surface area contributed by atoms with E-state index in [1.807, 2.05) is 37.3 Å². The van der Waals surface area contributed by atoms with Crippen LogP contribution in [0.5, 0.6) is 5.75 Å². The van der Waals surface area contributed by atoms with Crippen molar-refractivity contribution in [3.63, 3.8) is 0 Å². The van der Waals surface area contributed by atoms with Crippen molar-refractivity contribution in [1.82, 2.24) is 4.31 Å². The molecular formula is C20H25NO4S. The molecule has 0 unspecified atom stereocenters. The Labute approximate surface area is 155 Å². The van der Waals surface area contributed by atoms with E-state index >= 15 is 0 Å². The second-order valence-corrected chi connectivity index (χ2v) is 8.76. The first-order valence-corrected chi connectivity index (χ1v) is 10.2. The lowest BCUT2D eigenvalue weighted by Crippen LogP contribution is -2.29. The average molecular weight is 375 g/mol. The molecule has 1 N–H and O–H groups in total. The molecule has 140 valence electrons. The zero-order valence-electron chi connectivity index (χ0n) is 15.2. The van der Waals surface area contributed by atoms with Crippen LogP contribution >= 0.6 is 0 Å². The van der Waals surface area contributed by atoms with E-state index in [0.717, 1.165) is 24.0 Å². The summed E-state index contributed by atoms with van der Waals surface area (Å²) < 4.78 is 33.0. The topological polar surface area (TPSA) is 66.8 Å². The van der Waals surface area contributed by atoms with Gasteiger partial charge in [-0.25, -0.2) is 8.42 Å². The molecule has 26 heavy (non-hydrogen) atoms. The van der Waals surface area contributed by atoms with E-state index in [9.17, 15) is 8.42 Å². The van der Waals surface area contributed by atoms with Gasteiger partial charge in [0.05, 0.1) is 13.7 Å². The molecule has 0 radical (unpaired) electrons. The van der Waals surface area contributed by atoms with E-state index in [4.69, 9.17) is 9.84 Å². The number of hydrogen-bond donors (Lipinski definition) is 1. The Morgan fingerprint density at radius 2 is 1.85 bits per heavy atom. The van der Waals surface area contributed by atoms with Gasteiger partial charge >= 0.3 is 0 Å². The molecule has 1 saturated heterocycles. The molecule has 6 heteroatoms. The first-order chi connectivity index (χ1) is 12.4. The molecule has 3 rings (SSSR count). The lowest BCUT2D eigenvalue weighted by atomic mass is 9.98. The Balaban J connectivity index is 1.74. The fourth-order valence-corrected chi connectivity index (χ4v) is 5.19. The van der Waals surface area contributed by atoms with Gasteiger partial charge in [0.2, 0.25) is 10.0 Å². The number of sulfonamides is 1. The summed E-state index contributed by atoms with van der Waals surface area (Å²) in [6.45, 7) is 2.95. The van der Waals surface area contributed by atoms with Gasteiger partial charge in [-0.15, -0.1) is 0 Å². The summed E-state index contributed by atoms with van der Waals surface area (Å²) in [4.78, 5) is 0.243. The van der Waals surface area contributed by atoms with Crippen LogP contribution in [0.3, 0.4) is 0 Å². The number of aryl methyl sites for hydroxylation is 1. The molecule has 0 bridgehead atoms. The maximum atomic E-state index is 13.1. The molecular weight excluding hydrogens is 350 g/mol. The van der Waals surface area contributed by atoms with Crippen LogP contribution in [-0.2, 0) is 23.1 Å². The van der Waals surface area contributed by atoms with Crippen molar-refractivity contribution < 1.29 is 18.3 Å². The maximum Gasteiger partial charge on any atom is 0.246 e.